The number of hydrogen-bond acceptors (Lipinski definition) is 5. The van der Waals surface area contributed by atoms with Gasteiger partial charge in [-0.05, 0) is 93.1 Å². The van der Waals surface area contributed by atoms with Gasteiger partial charge in [0.05, 0.1) is 17.7 Å². The third kappa shape index (κ3) is 8.20. The van der Waals surface area contributed by atoms with Crippen molar-refractivity contribution in [3.63, 3.8) is 0 Å². The third-order valence-corrected chi connectivity index (χ3v) is 9.99. The molecule has 1 N–H and O–H groups in total. The number of nitrogens with zero attached hydrogens (tertiary/aromatic N) is 2. The summed E-state index contributed by atoms with van der Waals surface area (Å²) in [4.78, 5) is 29.7. The van der Waals surface area contributed by atoms with Crippen LogP contribution < -0.4 is 14.4 Å². The molecule has 0 saturated heterocycles. The Kier molecular flexibility index (Phi) is 11.1. The fraction of sp³-hybridized carbons (Fsp3) is 0.429. The van der Waals surface area contributed by atoms with E-state index >= 15 is 0 Å². The lowest BCUT2D eigenvalue weighted by atomic mass is 9.95. The van der Waals surface area contributed by atoms with Gasteiger partial charge in [0.2, 0.25) is 11.8 Å². The van der Waals surface area contributed by atoms with Crippen molar-refractivity contribution in [2.24, 2.45) is 0 Å². The Balaban J connectivity index is 1.74. The van der Waals surface area contributed by atoms with Crippen LogP contribution in [0.3, 0.4) is 0 Å². The Morgan fingerprint density at radius 1 is 0.909 bits per heavy atom. The molecule has 0 heterocycles. The Morgan fingerprint density at radius 2 is 1.57 bits per heavy atom. The summed E-state index contributed by atoms with van der Waals surface area (Å²) >= 11 is 0. The highest BCUT2D eigenvalue weighted by atomic mass is 32.2. The quantitative estimate of drug-likeness (QED) is 0.266. The maximum atomic E-state index is 14.4. The van der Waals surface area contributed by atoms with Gasteiger partial charge in [-0.25, -0.2) is 8.42 Å². The summed E-state index contributed by atoms with van der Waals surface area (Å²) in [6, 6.07) is 18.8. The molecule has 4 rings (SSSR count). The molecular weight excluding hydrogens is 574 g/mol. The van der Waals surface area contributed by atoms with Gasteiger partial charge in [0.25, 0.3) is 10.0 Å². The molecule has 9 heteroatoms. The topological polar surface area (TPSA) is 96.0 Å². The van der Waals surface area contributed by atoms with E-state index in [1.165, 1.54) is 9.21 Å². The fourth-order valence-corrected chi connectivity index (χ4v) is 7.29. The zero-order chi connectivity index (χ0) is 31.9. The van der Waals surface area contributed by atoms with Crippen molar-refractivity contribution < 1.29 is 22.7 Å². The van der Waals surface area contributed by atoms with Crippen LogP contribution in [0.4, 0.5) is 5.69 Å². The van der Waals surface area contributed by atoms with E-state index in [0.29, 0.717) is 17.9 Å². The lowest BCUT2D eigenvalue weighted by Crippen LogP contribution is -2.54. The van der Waals surface area contributed by atoms with Gasteiger partial charge in [0.1, 0.15) is 18.3 Å². The molecule has 0 bridgehead atoms. The molecule has 0 radical (unpaired) electrons. The summed E-state index contributed by atoms with van der Waals surface area (Å²) in [7, 11) is -2.55. The van der Waals surface area contributed by atoms with Gasteiger partial charge >= 0.3 is 0 Å². The van der Waals surface area contributed by atoms with Crippen molar-refractivity contribution in [1.82, 2.24) is 10.2 Å². The number of nitrogens with one attached hydrogen (secondary N) is 1. The molecule has 0 unspecified atom stereocenters. The van der Waals surface area contributed by atoms with E-state index in [9.17, 15) is 18.0 Å². The first-order chi connectivity index (χ1) is 21.0. The van der Waals surface area contributed by atoms with Crippen LogP contribution >= 0.6 is 0 Å². The highest BCUT2D eigenvalue weighted by Gasteiger charge is 2.34. The zero-order valence-electron chi connectivity index (χ0n) is 26.5. The van der Waals surface area contributed by atoms with Gasteiger partial charge in [0, 0.05) is 12.6 Å². The van der Waals surface area contributed by atoms with E-state index in [-0.39, 0.29) is 23.4 Å². The third-order valence-electron chi connectivity index (χ3n) is 8.21. The number of aryl methyl sites for hydroxylation is 3. The number of carbonyl (C=O) groups excluding carboxylic acids is 2. The molecule has 1 fully saturated rings. The second-order valence-corrected chi connectivity index (χ2v) is 13.7. The average molecular weight is 620 g/mol. The van der Waals surface area contributed by atoms with Crippen LogP contribution in [0, 0.1) is 20.8 Å². The molecule has 1 aliphatic carbocycles. The lowest BCUT2D eigenvalue weighted by molar-refractivity contribution is -0.140. The Bertz CT molecular complexity index is 1530. The minimum Gasteiger partial charge on any atom is -0.497 e. The van der Waals surface area contributed by atoms with Crippen LogP contribution in [0.25, 0.3) is 0 Å². The standard InChI is InChI=1S/C35H45N3O5S/c1-6-33(35(40)36-29-12-8-7-9-13-29)37(23-28-11-10-14-31(22-28)43-5)34(39)24-38(30-20-26(3)19-27(4)21-30)44(41,42)32-17-15-25(2)16-18-32/h10-11,14-22,29,33H,6-9,12-13,23-24H2,1-5H3,(H,36,40)/t33-/m1/s1. The number of amides is 2. The molecule has 0 aliphatic heterocycles. The van der Waals surface area contributed by atoms with Crippen molar-refractivity contribution in [1.29, 1.82) is 0 Å². The Labute approximate surface area is 262 Å². The van der Waals surface area contributed by atoms with Gasteiger partial charge in [-0.3, -0.25) is 13.9 Å². The van der Waals surface area contributed by atoms with E-state index in [2.05, 4.69) is 5.32 Å². The molecular formula is C35H45N3O5S. The number of hydrogen-bond donors (Lipinski definition) is 1. The van der Waals surface area contributed by atoms with Crippen molar-refractivity contribution in [3.8, 4) is 5.75 Å². The number of ether oxygens (including phenoxy) is 1. The van der Waals surface area contributed by atoms with E-state index < -0.39 is 28.5 Å². The van der Waals surface area contributed by atoms with Crippen LogP contribution in [0.1, 0.15) is 67.7 Å². The highest BCUT2D eigenvalue weighted by molar-refractivity contribution is 7.92. The molecule has 2 amide bonds. The first-order valence-corrected chi connectivity index (χ1v) is 16.9. The average Bonchev–Trinajstić information content (AvgIpc) is 3.00. The summed E-state index contributed by atoms with van der Waals surface area (Å²) < 4.78 is 34.9. The second kappa shape index (κ2) is 14.8. The lowest BCUT2D eigenvalue weighted by Gasteiger charge is -2.34. The van der Waals surface area contributed by atoms with Gasteiger partial charge < -0.3 is 15.0 Å². The van der Waals surface area contributed by atoms with Gasteiger partial charge in [-0.15, -0.1) is 0 Å². The van der Waals surface area contributed by atoms with Crippen LogP contribution in [-0.4, -0.2) is 50.9 Å². The number of benzene rings is 3. The number of anilines is 1. The summed E-state index contributed by atoms with van der Waals surface area (Å²) in [6.07, 6.45) is 5.50. The predicted octanol–water partition coefficient (Wildman–Crippen LogP) is 6.07. The summed E-state index contributed by atoms with van der Waals surface area (Å²) in [5, 5.41) is 3.19. The molecule has 1 saturated carbocycles. The minimum absolute atomic E-state index is 0.0766. The van der Waals surface area contributed by atoms with E-state index in [4.69, 9.17) is 4.74 Å². The van der Waals surface area contributed by atoms with Gasteiger partial charge in [-0.2, -0.15) is 0 Å². The molecule has 236 valence electrons. The van der Waals surface area contributed by atoms with Crippen molar-refractivity contribution >= 4 is 27.5 Å². The maximum Gasteiger partial charge on any atom is 0.264 e. The first kappa shape index (κ1) is 33.1. The van der Waals surface area contributed by atoms with Gasteiger partial charge in [-0.1, -0.05) is 62.1 Å². The molecule has 3 aromatic carbocycles. The first-order valence-electron chi connectivity index (χ1n) is 15.4. The van der Waals surface area contributed by atoms with Crippen LogP contribution in [-0.2, 0) is 26.2 Å². The number of carbonyl (C=O) groups is 2. The molecule has 0 spiro atoms. The summed E-state index contributed by atoms with van der Waals surface area (Å²) in [6.45, 7) is 7.22. The Morgan fingerprint density at radius 3 is 2.18 bits per heavy atom. The molecule has 1 atom stereocenters. The van der Waals surface area contributed by atoms with Crippen LogP contribution in [0.5, 0.6) is 5.75 Å². The normalized spacial score (nSPS) is 14.5. The van der Waals surface area contributed by atoms with Crippen LogP contribution in [0.15, 0.2) is 71.6 Å². The molecule has 0 aromatic heterocycles. The number of rotatable bonds is 12. The SMILES string of the molecule is CC[C@H](C(=O)NC1CCCCC1)N(Cc1cccc(OC)c1)C(=O)CN(c1cc(C)cc(C)c1)S(=O)(=O)c1ccc(C)cc1. The number of methoxy groups -OCH3 is 1. The molecule has 8 nitrogen and oxygen atoms in total. The Hall–Kier alpha value is -3.85. The second-order valence-electron chi connectivity index (χ2n) is 11.8. The number of sulfonamides is 1. The van der Waals surface area contributed by atoms with E-state index in [0.717, 1.165) is 54.4 Å². The van der Waals surface area contributed by atoms with Crippen LogP contribution in [0.2, 0.25) is 0 Å². The smallest absolute Gasteiger partial charge is 0.264 e. The van der Waals surface area contributed by atoms with E-state index in [1.54, 1.807) is 43.5 Å². The summed E-state index contributed by atoms with van der Waals surface area (Å²) in [5.41, 5.74) is 3.86. The van der Waals surface area contributed by atoms with Crippen molar-refractivity contribution in [2.45, 2.75) is 89.7 Å². The van der Waals surface area contributed by atoms with Crippen molar-refractivity contribution in [2.75, 3.05) is 18.0 Å². The van der Waals surface area contributed by atoms with E-state index in [1.807, 2.05) is 58.0 Å². The maximum absolute atomic E-state index is 14.4. The highest BCUT2D eigenvalue weighted by Crippen LogP contribution is 2.28. The fourth-order valence-electron chi connectivity index (χ4n) is 5.89. The van der Waals surface area contributed by atoms with Crippen molar-refractivity contribution in [3.05, 3.63) is 89.0 Å². The molecule has 3 aromatic rings. The largest absolute Gasteiger partial charge is 0.497 e. The monoisotopic (exact) mass is 619 g/mol. The van der Waals surface area contributed by atoms with Gasteiger partial charge in [0.15, 0.2) is 0 Å². The predicted molar refractivity (Wildman–Crippen MR) is 174 cm³/mol. The minimum atomic E-state index is -4.13. The summed E-state index contributed by atoms with van der Waals surface area (Å²) in [5.74, 6) is -0.0447. The zero-order valence-corrected chi connectivity index (χ0v) is 27.3. The molecule has 1 aliphatic rings. The molecule has 44 heavy (non-hydrogen) atoms.